The van der Waals surface area contributed by atoms with Crippen molar-refractivity contribution < 1.29 is 14.3 Å². The number of rotatable bonds is 5. The van der Waals surface area contributed by atoms with Gasteiger partial charge in [-0.3, -0.25) is 0 Å². The van der Waals surface area contributed by atoms with Crippen molar-refractivity contribution in [3.8, 4) is 0 Å². The van der Waals surface area contributed by atoms with Gasteiger partial charge in [0.05, 0.1) is 6.10 Å². The van der Waals surface area contributed by atoms with E-state index in [0.29, 0.717) is 12.1 Å². The third-order valence-electron chi connectivity index (χ3n) is 3.51. The second-order valence-electron chi connectivity index (χ2n) is 5.05. The van der Waals surface area contributed by atoms with Gasteiger partial charge in [0.25, 0.3) is 0 Å². The SMILES string of the molecule is CC(NCc1cc(F)cc(/C(N)=N/O)c1)C1CCCO1. The van der Waals surface area contributed by atoms with Gasteiger partial charge in [-0.15, -0.1) is 0 Å². The van der Waals surface area contributed by atoms with Crippen molar-refractivity contribution in [2.75, 3.05) is 6.61 Å². The van der Waals surface area contributed by atoms with E-state index in [4.69, 9.17) is 15.7 Å². The first-order valence-electron chi connectivity index (χ1n) is 6.72. The van der Waals surface area contributed by atoms with Crippen LogP contribution in [0, 0.1) is 5.82 Å². The topological polar surface area (TPSA) is 79.9 Å². The summed E-state index contributed by atoms with van der Waals surface area (Å²) in [6.07, 6.45) is 2.35. The number of hydrogen-bond donors (Lipinski definition) is 3. The van der Waals surface area contributed by atoms with E-state index in [1.54, 1.807) is 6.07 Å². The number of nitrogens with zero attached hydrogens (tertiary/aromatic N) is 1. The number of benzene rings is 1. The molecule has 1 aliphatic heterocycles. The summed E-state index contributed by atoms with van der Waals surface area (Å²) in [6.45, 7) is 3.37. The Morgan fingerprint density at radius 2 is 2.40 bits per heavy atom. The molecule has 0 spiro atoms. The molecule has 2 unspecified atom stereocenters. The molecule has 0 aliphatic carbocycles. The van der Waals surface area contributed by atoms with Crippen molar-refractivity contribution in [3.63, 3.8) is 0 Å². The van der Waals surface area contributed by atoms with Gasteiger partial charge in [-0.05, 0) is 43.5 Å². The van der Waals surface area contributed by atoms with E-state index in [9.17, 15) is 4.39 Å². The molecule has 4 N–H and O–H groups in total. The van der Waals surface area contributed by atoms with Crippen LogP contribution in [0.3, 0.4) is 0 Å². The summed E-state index contributed by atoms with van der Waals surface area (Å²) < 4.78 is 19.1. The molecule has 0 radical (unpaired) electrons. The van der Waals surface area contributed by atoms with Gasteiger partial charge in [0.1, 0.15) is 5.82 Å². The average Bonchev–Trinajstić information content (AvgIpc) is 2.97. The maximum absolute atomic E-state index is 13.5. The normalized spacial score (nSPS) is 21.1. The monoisotopic (exact) mass is 281 g/mol. The minimum atomic E-state index is -0.407. The van der Waals surface area contributed by atoms with E-state index in [-0.39, 0.29) is 18.0 Å². The van der Waals surface area contributed by atoms with Crippen LogP contribution in [0.4, 0.5) is 4.39 Å². The van der Waals surface area contributed by atoms with Gasteiger partial charge in [-0.2, -0.15) is 0 Å². The lowest BCUT2D eigenvalue weighted by atomic mass is 10.1. The number of amidine groups is 1. The third kappa shape index (κ3) is 3.68. The van der Waals surface area contributed by atoms with Crippen molar-refractivity contribution in [1.82, 2.24) is 5.32 Å². The number of nitrogens with two attached hydrogens (primary N) is 1. The predicted octanol–water partition coefficient (Wildman–Crippen LogP) is 1.58. The fourth-order valence-corrected chi connectivity index (χ4v) is 2.37. The molecular weight excluding hydrogens is 261 g/mol. The number of oxime groups is 1. The lowest BCUT2D eigenvalue weighted by Crippen LogP contribution is -2.36. The van der Waals surface area contributed by atoms with Gasteiger partial charge in [-0.1, -0.05) is 5.16 Å². The zero-order chi connectivity index (χ0) is 14.5. The second kappa shape index (κ2) is 6.67. The molecule has 110 valence electrons. The van der Waals surface area contributed by atoms with E-state index in [1.807, 2.05) is 0 Å². The van der Waals surface area contributed by atoms with Crippen LogP contribution in [0.15, 0.2) is 23.4 Å². The van der Waals surface area contributed by atoms with E-state index in [1.165, 1.54) is 12.1 Å². The highest BCUT2D eigenvalue weighted by molar-refractivity contribution is 5.97. The van der Waals surface area contributed by atoms with Crippen LogP contribution >= 0.6 is 0 Å². The molecule has 0 saturated carbocycles. The molecule has 20 heavy (non-hydrogen) atoms. The highest BCUT2D eigenvalue weighted by atomic mass is 19.1. The Kier molecular flexibility index (Phi) is 4.92. The Morgan fingerprint density at radius 1 is 1.60 bits per heavy atom. The standard InChI is InChI=1S/C14H20FN3O2/c1-9(13-3-2-4-20-13)17-8-10-5-11(14(16)18-19)7-12(15)6-10/h5-7,9,13,17,19H,2-4,8H2,1H3,(H2,16,18). The zero-order valence-electron chi connectivity index (χ0n) is 11.5. The van der Waals surface area contributed by atoms with Gasteiger partial charge >= 0.3 is 0 Å². The number of halogens is 1. The molecule has 0 bridgehead atoms. The summed E-state index contributed by atoms with van der Waals surface area (Å²) in [7, 11) is 0. The molecule has 0 aromatic heterocycles. The van der Waals surface area contributed by atoms with Crippen molar-refractivity contribution in [2.45, 2.75) is 38.5 Å². The quantitative estimate of drug-likeness (QED) is 0.331. The highest BCUT2D eigenvalue weighted by Crippen LogP contribution is 2.16. The second-order valence-corrected chi connectivity index (χ2v) is 5.05. The Balaban J connectivity index is 2.00. The fraction of sp³-hybridized carbons (Fsp3) is 0.500. The Morgan fingerprint density at radius 3 is 3.05 bits per heavy atom. The van der Waals surface area contributed by atoms with Crippen LogP contribution in [0.2, 0.25) is 0 Å². The van der Waals surface area contributed by atoms with Crippen molar-refractivity contribution in [2.24, 2.45) is 10.9 Å². The van der Waals surface area contributed by atoms with Crippen molar-refractivity contribution in [1.29, 1.82) is 0 Å². The van der Waals surface area contributed by atoms with Gasteiger partial charge in [0.15, 0.2) is 5.84 Å². The van der Waals surface area contributed by atoms with E-state index < -0.39 is 5.82 Å². The summed E-state index contributed by atoms with van der Waals surface area (Å²) in [5, 5.41) is 14.8. The Bertz CT molecular complexity index is 487. The minimum absolute atomic E-state index is 0.0991. The molecule has 0 amide bonds. The number of hydrogen-bond acceptors (Lipinski definition) is 4. The summed E-state index contributed by atoms with van der Waals surface area (Å²) in [5.41, 5.74) is 6.60. The average molecular weight is 281 g/mol. The molecule has 1 aliphatic rings. The summed E-state index contributed by atoms with van der Waals surface area (Å²) in [5.74, 6) is -0.506. The molecule has 1 fully saturated rings. The fourth-order valence-electron chi connectivity index (χ4n) is 2.37. The van der Waals surface area contributed by atoms with Crippen LogP contribution in [0.5, 0.6) is 0 Å². The zero-order valence-corrected chi connectivity index (χ0v) is 11.5. The molecule has 2 atom stereocenters. The third-order valence-corrected chi connectivity index (χ3v) is 3.51. The molecule has 2 rings (SSSR count). The highest BCUT2D eigenvalue weighted by Gasteiger charge is 2.21. The molecule has 5 nitrogen and oxygen atoms in total. The van der Waals surface area contributed by atoms with Crippen LogP contribution in [-0.2, 0) is 11.3 Å². The Hall–Kier alpha value is -1.66. The lowest BCUT2D eigenvalue weighted by molar-refractivity contribution is 0.0832. The minimum Gasteiger partial charge on any atom is -0.409 e. The van der Waals surface area contributed by atoms with E-state index in [2.05, 4.69) is 17.4 Å². The molecule has 1 aromatic rings. The largest absolute Gasteiger partial charge is 0.409 e. The summed E-state index contributed by atoms with van der Waals surface area (Å²) in [4.78, 5) is 0. The maximum atomic E-state index is 13.5. The van der Waals surface area contributed by atoms with Gasteiger partial charge < -0.3 is 21.0 Å². The summed E-state index contributed by atoms with van der Waals surface area (Å²) >= 11 is 0. The van der Waals surface area contributed by atoms with E-state index in [0.717, 1.165) is 25.0 Å². The molecule has 1 aromatic carbocycles. The first-order valence-corrected chi connectivity index (χ1v) is 6.72. The smallest absolute Gasteiger partial charge is 0.170 e. The molecular formula is C14H20FN3O2. The maximum Gasteiger partial charge on any atom is 0.170 e. The molecule has 1 heterocycles. The van der Waals surface area contributed by atoms with Crippen LogP contribution in [-0.4, -0.2) is 29.8 Å². The van der Waals surface area contributed by atoms with Gasteiger partial charge in [-0.25, -0.2) is 4.39 Å². The summed E-state index contributed by atoms with van der Waals surface area (Å²) in [6, 6.07) is 4.58. The van der Waals surface area contributed by atoms with Crippen LogP contribution < -0.4 is 11.1 Å². The first kappa shape index (κ1) is 14.7. The Labute approximate surface area is 117 Å². The molecule has 6 heteroatoms. The van der Waals surface area contributed by atoms with Crippen LogP contribution in [0.25, 0.3) is 0 Å². The van der Waals surface area contributed by atoms with Gasteiger partial charge in [0.2, 0.25) is 0 Å². The van der Waals surface area contributed by atoms with Gasteiger partial charge in [0, 0.05) is 24.8 Å². The number of ether oxygens (including phenoxy) is 1. The van der Waals surface area contributed by atoms with Crippen LogP contribution in [0.1, 0.15) is 30.9 Å². The first-order chi connectivity index (χ1) is 9.60. The lowest BCUT2D eigenvalue weighted by Gasteiger charge is -2.20. The van der Waals surface area contributed by atoms with Crippen molar-refractivity contribution >= 4 is 5.84 Å². The molecule has 1 saturated heterocycles. The van der Waals surface area contributed by atoms with E-state index >= 15 is 0 Å². The van der Waals surface area contributed by atoms with Crippen molar-refractivity contribution in [3.05, 3.63) is 35.1 Å². The number of nitrogens with one attached hydrogen (secondary N) is 1. The predicted molar refractivity (Wildman–Crippen MR) is 74.2 cm³/mol.